The summed E-state index contributed by atoms with van der Waals surface area (Å²) in [4.78, 5) is 22.1. The molecule has 21 heavy (non-hydrogen) atoms. The van der Waals surface area contributed by atoms with Gasteiger partial charge in [0.1, 0.15) is 11.2 Å². The van der Waals surface area contributed by atoms with E-state index in [0.717, 1.165) is 0 Å². The topological polar surface area (TPSA) is 69.4 Å². The quantitative estimate of drug-likeness (QED) is 0.783. The molecule has 0 saturated carbocycles. The van der Waals surface area contributed by atoms with Crippen molar-refractivity contribution >= 4 is 46.3 Å². The van der Waals surface area contributed by atoms with Crippen LogP contribution in [-0.2, 0) is 4.79 Å². The van der Waals surface area contributed by atoms with Gasteiger partial charge in [0.25, 0.3) is 0 Å². The van der Waals surface area contributed by atoms with E-state index in [2.05, 4.69) is 9.98 Å². The number of nitrogens with one attached hydrogen (secondary N) is 1. The smallest absolute Gasteiger partial charge is 0.236 e. The highest BCUT2D eigenvalue weighted by Crippen LogP contribution is 2.14. The number of pyridine rings is 1. The van der Waals surface area contributed by atoms with Gasteiger partial charge < -0.3 is 4.90 Å². The lowest BCUT2D eigenvalue weighted by Gasteiger charge is -2.28. The molecule has 0 aliphatic rings. The molecule has 0 aliphatic carbocycles. The van der Waals surface area contributed by atoms with Gasteiger partial charge in [-0.25, -0.2) is 0 Å². The number of aromatic nitrogens is 1. The van der Waals surface area contributed by atoms with Crippen molar-refractivity contribution in [2.24, 2.45) is 4.99 Å². The van der Waals surface area contributed by atoms with Gasteiger partial charge in [-0.2, -0.15) is 11.8 Å². The number of halogens is 1. The highest BCUT2D eigenvalue weighted by atomic mass is 35.5. The summed E-state index contributed by atoms with van der Waals surface area (Å²) in [6.07, 6.45) is 6.65. The molecular weight excluding hydrogens is 308 g/mol. The Kier molecular flexibility index (Phi) is 7.39. The summed E-state index contributed by atoms with van der Waals surface area (Å²) in [5, 5.41) is 7.38. The van der Waals surface area contributed by atoms with Crippen LogP contribution in [0.25, 0.3) is 0 Å². The molecule has 0 radical (unpaired) electrons. The Labute approximate surface area is 134 Å². The summed E-state index contributed by atoms with van der Waals surface area (Å²) in [6.45, 7) is 4.15. The molecule has 0 bridgehead atoms. The zero-order chi connectivity index (χ0) is 15.8. The molecule has 0 fully saturated rings. The largest absolute Gasteiger partial charge is 0.327 e. The van der Waals surface area contributed by atoms with E-state index in [1.54, 1.807) is 29.4 Å². The molecular formula is C14H19ClN4OS. The average Bonchev–Trinajstić information content (AvgIpc) is 2.50. The van der Waals surface area contributed by atoms with Crippen LogP contribution >= 0.6 is 23.4 Å². The fraction of sp³-hybridized carbons (Fsp3) is 0.429. The lowest BCUT2D eigenvalue weighted by atomic mass is 10.2. The third kappa shape index (κ3) is 5.13. The minimum Gasteiger partial charge on any atom is -0.327 e. The summed E-state index contributed by atoms with van der Waals surface area (Å²) in [7, 11) is 0. The maximum absolute atomic E-state index is 12.3. The predicted octanol–water partition coefficient (Wildman–Crippen LogP) is 2.97. The van der Waals surface area contributed by atoms with Crippen LogP contribution in [0.3, 0.4) is 0 Å². The number of hydrogen-bond acceptors (Lipinski definition) is 5. The number of nitrogens with zero attached hydrogens (tertiary/aromatic N) is 3. The van der Waals surface area contributed by atoms with Gasteiger partial charge in [0.05, 0.1) is 17.1 Å². The molecule has 2 unspecified atom stereocenters. The number of amides is 1. The van der Waals surface area contributed by atoms with Gasteiger partial charge in [0.2, 0.25) is 5.91 Å². The van der Waals surface area contributed by atoms with Crippen LogP contribution in [0.4, 0.5) is 5.69 Å². The second kappa shape index (κ2) is 8.79. The summed E-state index contributed by atoms with van der Waals surface area (Å²) < 4.78 is 0. The highest BCUT2D eigenvalue weighted by Gasteiger charge is 2.27. The second-order valence-electron chi connectivity index (χ2n) is 4.28. The minimum absolute atomic E-state index is 0.0574. The van der Waals surface area contributed by atoms with Gasteiger partial charge in [-0.1, -0.05) is 11.6 Å². The summed E-state index contributed by atoms with van der Waals surface area (Å²) >= 11 is 7.31. The van der Waals surface area contributed by atoms with Crippen LogP contribution in [0.15, 0.2) is 29.5 Å². The van der Waals surface area contributed by atoms with Crippen LogP contribution in [0.2, 0.25) is 0 Å². The van der Waals surface area contributed by atoms with Crippen LogP contribution in [0.5, 0.6) is 0 Å². The lowest BCUT2D eigenvalue weighted by molar-refractivity contribution is -0.130. The zero-order valence-corrected chi connectivity index (χ0v) is 13.9. The van der Waals surface area contributed by atoms with Crippen LogP contribution in [0.1, 0.15) is 13.8 Å². The standard InChI is InChI=1S/C14H19ClN4OS/c1-4-19(14(20)10(2)21-3)12(13(15)16)9-18-11-6-5-7-17-8-11/h5-10,12,16H,4H2,1-3H3. The SMILES string of the molecule is CCN(C(=O)C(C)SC)C(C=Nc1cccnc1)C(=N)Cl. The molecule has 5 nitrogen and oxygen atoms in total. The second-order valence-corrected chi connectivity index (χ2v) is 5.87. The number of hydrogen-bond donors (Lipinski definition) is 1. The van der Waals surface area contributed by atoms with Crippen molar-refractivity contribution in [3.63, 3.8) is 0 Å². The van der Waals surface area contributed by atoms with E-state index in [4.69, 9.17) is 17.0 Å². The Bertz CT molecular complexity index is 509. The van der Waals surface area contributed by atoms with E-state index in [9.17, 15) is 4.79 Å². The fourth-order valence-electron chi connectivity index (χ4n) is 1.69. The first-order valence-electron chi connectivity index (χ1n) is 6.52. The van der Waals surface area contributed by atoms with Gasteiger partial charge in [-0.15, -0.1) is 0 Å². The van der Waals surface area contributed by atoms with E-state index in [1.807, 2.05) is 20.1 Å². The molecule has 1 aromatic heterocycles. The summed E-state index contributed by atoms with van der Waals surface area (Å²) in [5.41, 5.74) is 0.654. The van der Waals surface area contributed by atoms with E-state index < -0.39 is 6.04 Å². The first kappa shape index (κ1) is 17.7. The van der Waals surface area contributed by atoms with Gasteiger partial charge in [-0.05, 0) is 32.2 Å². The first-order valence-corrected chi connectivity index (χ1v) is 8.19. The monoisotopic (exact) mass is 326 g/mol. The number of carbonyl (C=O) groups is 1. The Morgan fingerprint density at radius 3 is 2.86 bits per heavy atom. The maximum Gasteiger partial charge on any atom is 0.236 e. The Hall–Kier alpha value is -1.40. The zero-order valence-electron chi connectivity index (χ0n) is 12.3. The molecule has 114 valence electrons. The Morgan fingerprint density at radius 1 is 1.67 bits per heavy atom. The fourth-order valence-corrected chi connectivity index (χ4v) is 2.20. The first-order chi connectivity index (χ1) is 10.0. The molecule has 0 saturated heterocycles. The third-order valence-electron chi connectivity index (χ3n) is 2.93. The Morgan fingerprint density at radius 2 is 2.38 bits per heavy atom. The van der Waals surface area contributed by atoms with E-state index in [-0.39, 0.29) is 16.3 Å². The van der Waals surface area contributed by atoms with Crippen molar-refractivity contribution in [2.45, 2.75) is 25.1 Å². The molecule has 2 atom stereocenters. The highest BCUT2D eigenvalue weighted by molar-refractivity contribution is 7.99. The molecule has 1 heterocycles. The molecule has 0 aliphatic heterocycles. The molecule has 1 rings (SSSR count). The van der Waals surface area contributed by atoms with E-state index in [0.29, 0.717) is 12.2 Å². The van der Waals surface area contributed by atoms with Crippen molar-refractivity contribution in [3.8, 4) is 0 Å². The lowest BCUT2D eigenvalue weighted by Crippen LogP contribution is -2.47. The number of thioether (sulfide) groups is 1. The number of rotatable bonds is 7. The molecule has 1 aromatic rings. The molecule has 1 N–H and O–H groups in total. The van der Waals surface area contributed by atoms with Gasteiger partial charge in [0, 0.05) is 19.0 Å². The van der Waals surface area contributed by atoms with Crippen LogP contribution in [0, 0.1) is 5.41 Å². The van der Waals surface area contributed by atoms with Gasteiger partial charge >= 0.3 is 0 Å². The average molecular weight is 327 g/mol. The maximum atomic E-state index is 12.3. The minimum atomic E-state index is -0.654. The van der Waals surface area contributed by atoms with Crippen molar-refractivity contribution in [1.29, 1.82) is 5.41 Å². The third-order valence-corrected chi connectivity index (χ3v) is 4.06. The summed E-state index contributed by atoms with van der Waals surface area (Å²) in [6, 6.07) is 2.91. The van der Waals surface area contributed by atoms with E-state index >= 15 is 0 Å². The summed E-state index contributed by atoms with van der Waals surface area (Å²) in [5.74, 6) is -0.0574. The van der Waals surface area contributed by atoms with Crippen molar-refractivity contribution in [3.05, 3.63) is 24.5 Å². The van der Waals surface area contributed by atoms with Gasteiger partial charge in [0.15, 0.2) is 0 Å². The normalized spacial score (nSPS) is 13.9. The number of carbonyl (C=O) groups excluding carboxylic acids is 1. The van der Waals surface area contributed by atoms with Gasteiger partial charge in [-0.3, -0.25) is 20.2 Å². The van der Waals surface area contributed by atoms with Crippen molar-refractivity contribution < 1.29 is 4.79 Å². The number of aliphatic imine (C=N–C) groups is 1. The van der Waals surface area contributed by atoms with Crippen LogP contribution < -0.4 is 0 Å². The van der Waals surface area contributed by atoms with Crippen LogP contribution in [-0.4, -0.2) is 51.3 Å². The molecule has 0 aromatic carbocycles. The molecule has 7 heteroatoms. The Balaban J connectivity index is 2.96. The van der Waals surface area contributed by atoms with E-state index in [1.165, 1.54) is 18.0 Å². The predicted molar refractivity (Wildman–Crippen MR) is 90.1 cm³/mol. The van der Waals surface area contributed by atoms with Crippen molar-refractivity contribution in [1.82, 2.24) is 9.88 Å². The molecule has 1 amide bonds. The van der Waals surface area contributed by atoms with Crippen molar-refractivity contribution in [2.75, 3.05) is 12.8 Å². The molecule has 0 spiro atoms.